The summed E-state index contributed by atoms with van der Waals surface area (Å²) in [6.07, 6.45) is 0. The minimum atomic E-state index is 0.756. The molecule has 0 saturated carbocycles. The van der Waals surface area contributed by atoms with Gasteiger partial charge in [0, 0.05) is 6.92 Å². The summed E-state index contributed by atoms with van der Waals surface area (Å²) in [4.78, 5) is 17.7. The third-order valence-electron chi connectivity index (χ3n) is 3.00. The highest BCUT2D eigenvalue weighted by atomic mass is 16.5. The molecule has 6 nitrogen and oxygen atoms in total. The van der Waals surface area contributed by atoms with Gasteiger partial charge in [0.2, 0.25) is 0 Å². The summed E-state index contributed by atoms with van der Waals surface area (Å²) in [5, 5.41) is 0. The third kappa shape index (κ3) is 1.84. The Morgan fingerprint density at radius 2 is 2.00 bits per heavy atom. The van der Waals surface area contributed by atoms with Crippen LogP contribution >= 0.6 is 0 Å². The van der Waals surface area contributed by atoms with Gasteiger partial charge in [-0.1, -0.05) is 0 Å². The zero-order valence-electron chi connectivity index (χ0n) is 10.1. The van der Waals surface area contributed by atoms with Crippen LogP contribution in [0.25, 0.3) is 11.2 Å². The molecule has 1 fully saturated rings. The van der Waals surface area contributed by atoms with Crippen LogP contribution in [0.4, 0.5) is 5.95 Å². The molecular weight excluding hydrogens is 218 g/mol. The summed E-state index contributed by atoms with van der Waals surface area (Å²) in [6.45, 7) is 7.20. The summed E-state index contributed by atoms with van der Waals surface area (Å²) < 4.78 is 5.34. The molecule has 2 aromatic rings. The van der Waals surface area contributed by atoms with Gasteiger partial charge in [0.05, 0.1) is 26.3 Å². The minimum Gasteiger partial charge on any atom is -0.376 e. The number of nitrogens with one attached hydrogen (secondary N) is 2. The lowest BCUT2D eigenvalue weighted by Crippen LogP contribution is -2.40. The Morgan fingerprint density at radius 3 is 2.76 bits per heavy atom. The smallest absolute Gasteiger partial charge is 0.347 e. The van der Waals surface area contributed by atoms with E-state index >= 15 is 0 Å². The fraction of sp³-hybridized carbons (Fsp3) is 0.545. The van der Waals surface area contributed by atoms with Crippen molar-refractivity contribution < 1.29 is 9.72 Å². The Bertz CT molecular complexity index is 544. The molecule has 90 valence electrons. The zero-order chi connectivity index (χ0) is 11.8. The number of fused-ring (bicyclic) bond motifs is 1. The molecule has 17 heavy (non-hydrogen) atoms. The molecule has 2 N–H and O–H groups in total. The average Bonchev–Trinajstić information content (AvgIpc) is 2.71. The highest BCUT2D eigenvalue weighted by Gasteiger charge is 2.21. The van der Waals surface area contributed by atoms with Crippen LogP contribution in [0.5, 0.6) is 0 Å². The molecule has 3 heterocycles. The standard InChI is InChI=1S/C11H15N5O/c1-7-9-10(14-8(2)13-9)15-11(12-7)16-3-5-17-6-4-16/h3-6H2,1-2H3,(H,12,13,14,15)/p+1. The first-order valence-electron chi connectivity index (χ1n) is 5.83. The van der Waals surface area contributed by atoms with Crippen molar-refractivity contribution in [3.05, 3.63) is 11.5 Å². The highest BCUT2D eigenvalue weighted by molar-refractivity contribution is 5.70. The van der Waals surface area contributed by atoms with Crippen LogP contribution in [0, 0.1) is 13.8 Å². The molecule has 0 atom stereocenters. The number of morpholine rings is 1. The normalized spacial score (nSPS) is 16.7. The summed E-state index contributed by atoms with van der Waals surface area (Å²) in [5.74, 6) is 1.78. The van der Waals surface area contributed by atoms with E-state index in [1.807, 2.05) is 13.8 Å². The maximum Gasteiger partial charge on any atom is 0.347 e. The van der Waals surface area contributed by atoms with Gasteiger partial charge >= 0.3 is 5.95 Å². The third-order valence-corrected chi connectivity index (χ3v) is 3.00. The Kier molecular flexibility index (Phi) is 2.44. The van der Waals surface area contributed by atoms with Gasteiger partial charge in [-0.05, 0) is 6.92 Å². The monoisotopic (exact) mass is 234 g/mol. The lowest BCUT2D eigenvalue weighted by Gasteiger charge is -2.22. The second kappa shape index (κ2) is 3.96. The molecule has 0 aliphatic carbocycles. The van der Waals surface area contributed by atoms with Crippen molar-refractivity contribution in [1.29, 1.82) is 0 Å². The molecule has 0 radical (unpaired) electrons. The van der Waals surface area contributed by atoms with Gasteiger partial charge in [-0.3, -0.25) is 4.90 Å². The van der Waals surface area contributed by atoms with Gasteiger partial charge in [-0.25, -0.2) is 4.98 Å². The van der Waals surface area contributed by atoms with Crippen LogP contribution in [-0.4, -0.2) is 41.3 Å². The topological polar surface area (TPSA) is 68.2 Å². The number of hydrogen-bond donors (Lipinski definition) is 1. The summed E-state index contributed by atoms with van der Waals surface area (Å²) in [6, 6.07) is 0. The average molecular weight is 234 g/mol. The lowest BCUT2D eigenvalue weighted by molar-refractivity contribution is -0.338. The van der Waals surface area contributed by atoms with Gasteiger partial charge < -0.3 is 9.72 Å². The number of nitrogens with zero attached hydrogens (tertiary/aromatic N) is 3. The Morgan fingerprint density at radius 1 is 1.24 bits per heavy atom. The number of aryl methyl sites for hydroxylation is 2. The van der Waals surface area contributed by atoms with E-state index in [2.05, 4.69) is 24.8 Å². The maximum absolute atomic E-state index is 5.34. The maximum atomic E-state index is 5.34. The van der Waals surface area contributed by atoms with Crippen LogP contribution in [-0.2, 0) is 4.74 Å². The largest absolute Gasteiger partial charge is 0.376 e. The molecule has 1 aliphatic rings. The van der Waals surface area contributed by atoms with Gasteiger partial charge in [-0.15, -0.1) is 9.97 Å². The molecule has 0 spiro atoms. The second-order valence-corrected chi connectivity index (χ2v) is 4.29. The van der Waals surface area contributed by atoms with Crippen LogP contribution in [0.15, 0.2) is 0 Å². The number of aromatic nitrogens is 4. The van der Waals surface area contributed by atoms with Crippen LogP contribution in [0.2, 0.25) is 0 Å². The molecular formula is C11H16N5O+. The van der Waals surface area contributed by atoms with E-state index in [4.69, 9.17) is 4.74 Å². The van der Waals surface area contributed by atoms with Crippen molar-refractivity contribution in [3.63, 3.8) is 0 Å². The van der Waals surface area contributed by atoms with Crippen molar-refractivity contribution in [2.24, 2.45) is 0 Å². The highest BCUT2D eigenvalue weighted by Crippen LogP contribution is 2.14. The Labute approximate surface area is 99.0 Å². The molecule has 0 amide bonds. The quantitative estimate of drug-likeness (QED) is 0.766. The summed E-state index contributed by atoms with van der Waals surface area (Å²) in [5.41, 5.74) is 2.83. The fourth-order valence-corrected chi connectivity index (χ4v) is 2.12. The lowest BCUT2D eigenvalue weighted by atomic mass is 10.4. The number of hydrogen-bond acceptors (Lipinski definition) is 4. The van der Waals surface area contributed by atoms with Crippen molar-refractivity contribution in [3.8, 4) is 0 Å². The van der Waals surface area contributed by atoms with E-state index in [0.29, 0.717) is 0 Å². The predicted octanol–water partition coefficient (Wildman–Crippen LogP) is 0.225. The first-order valence-corrected chi connectivity index (χ1v) is 5.83. The molecule has 1 aliphatic heterocycles. The summed E-state index contributed by atoms with van der Waals surface area (Å²) >= 11 is 0. The van der Waals surface area contributed by atoms with Gasteiger partial charge in [0.25, 0.3) is 5.65 Å². The van der Waals surface area contributed by atoms with E-state index in [1.165, 1.54) is 0 Å². The van der Waals surface area contributed by atoms with Crippen molar-refractivity contribution in [2.45, 2.75) is 13.8 Å². The molecule has 0 bridgehead atoms. The number of anilines is 1. The predicted molar refractivity (Wildman–Crippen MR) is 63.0 cm³/mol. The fourth-order valence-electron chi connectivity index (χ4n) is 2.12. The number of imidazole rings is 1. The number of ether oxygens (including phenoxy) is 1. The minimum absolute atomic E-state index is 0.756. The van der Waals surface area contributed by atoms with Gasteiger partial charge in [0.1, 0.15) is 11.2 Å². The molecule has 3 rings (SSSR count). The van der Waals surface area contributed by atoms with E-state index in [0.717, 1.165) is 54.9 Å². The van der Waals surface area contributed by atoms with Crippen LogP contribution < -0.4 is 9.88 Å². The number of rotatable bonds is 1. The van der Waals surface area contributed by atoms with Crippen molar-refractivity contribution in [2.75, 3.05) is 31.2 Å². The van der Waals surface area contributed by atoms with E-state index in [1.54, 1.807) is 0 Å². The Hall–Kier alpha value is -1.69. The molecule has 0 aromatic carbocycles. The molecule has 0 unspecified atom stereocenters. The van der Waals surface area contributed by atoms with Crippen LogP contribution in [0.3, 0.4) is 0 Å². The second-order valence-electron chi connectivity index (χ2n) is 4.29. The Balaban J connectivity index is 2.04. The van der Waals surface area contributed by atoms with E-state index in [-0.39, 0.29) is 0 Å². The molecule has 2 aromatic heterocycles. The van der Waals surface area contributed by atoms with Crippen molar-refractivity contribution >= 4 is 17.1 Å². The number of aromatic amines is 2. The SMILES string of the molecule is Cc1nc2[nH+]c(N3CCOCC3)nc(C)c2[nH]1. The first-order chi connectivity index (χ1) is 8.24. The van der Waals surface area contributed by atoms with Gasteiger partial charge in [0.15, 0.2) is 5.82 Å². The molecule has 6 heteroatoms. The van der Waals surface area contributed by atoms with E-state index < -0.39 is 0 Å². The van der Waals surface area contributed by atoms with E-state index in [9.17, 15) is 0 Å². The first kappa shape index (κ1) is 10.5. The van der Waals surface area contributed by atoms with Crippen LogP contribution in [0.1, 0.15) is 11.5 Å². The molecule has 1 saturated heterocycles. The number of H-pyrrole nitrogens is 2. The summed E-state index contributed by atoms with van der Waals surface area (Å²) in [7, 11) is 0. The van der Waals surface area contributed by atoms with Crippen molar-refractivity contribution in [1.82, 2.24) is 15.0 Å². The van der Waals surface area contributed by atoms with Gasteiger partial charge in [-0.2, -0.15) is 0 Å². The zero-order valence-corrected chi connectivity index (χ0v) is 10.1.